The minimum atomic E-state index is 0.612. The van der Waals surface area contributed by atoms with Crippen molar-refractivity contribution in [1.29, 1.82) is 0 Å². The summed E-state index contributed by atoms with van der Waals surface area (Å²) in [6.45, 7) is 4.10. The molecule has 2 heteroatoms. The van der Waals surface area contributed by atoms with Crippen LogP contribution in [0.5, 0.6) is 0 Å². The SMILES string of the molecule is CCCCCCOCC(NC)C1CC1. The van der Waals surface area contributed by atoms with Crippen LogP contribution in [0.15, 0.2) is 0 Å². The van der Waals surface area contributed by atoms with Gasteiger partial charge >= 0.3 is 0 Å². The normalized spacial score (nSPS) is 18.4. The molecule has 1 rings (SSSR count). The van der Waals surface area contributed by atoms with Gasteiger partial charge in [-0.1, -0.05) is 26.2 Å². The van der Waals surface area contributed by atoms with Crippen LogP contribution in [0.1, 0.15) is 45.4 Å². The lowest BCUT2D eigenvalue weighted by Gasteiger charge is -2.15. The van der Waals surface area contributed by atoms with Crippen LogP contribution in [0.2, 0.25) is 0 Å². The molecule has 84 valence electrons. The highest BCUT2D eigenvalue weighted by atomic mass is 16.5. The number of nitrogens with one attached hydrogen (secondary N) is 1. The monoisotopic (exact) mass is 199 g/mol. The van der Waals surface area contributed by atoms with E-state index in [4.69, 9.17) is 4.74 Å². The molecular weight excluding hydrogens is 174 g/mol. The fourth-order valence-corrected chi connectivity index (χ4v) is 1.79. The van der Waals surface area contributed by atoms with Crippen molar-refractivity contribution < 1.29 is 4.74 Å². The summed E-state index contributed by atoms with van der Waals surface area (Å²) >= 11 is 0. The Hall–Kier alpha value is -0.0800. The van der Waals surface area contributed by atoms with E-state index in [9.17, 15) is 0 Å². The van der Waals surface area contributed by atoms with Gasteiger partial charge in [-0.3, -0.25) is 0 Å². The van der Waals surface area contributed by atoms with Crippen LogP contribution in [-0.2, 0) is 4.74 Å². The van der Waals surface area contributed by atoms with E-state index in [0.29, 0.717) is 6.04 Å². The molecule has 0 aromatic carbocycles. The summed E-state index contributed by atoms with van der Waals surface area (Å²) in [4.78, 5) is 0. The molecule has 0 saturated heterocycles. The van der Waals surface area contributed by atoms with Crippen molar-refractivity contribution in [3.8, 4) is 0 Å². The Bertz CT molecular complexity index is 134. The first-order valence-electron chi connectivity index (χ1n) is 6.13. The lowest BCUT2D eigenvalue weighted by molar-refractivity contribution is 0.104. The second-order valence-electron chi connectivity index (χ2n) is 4.37. The van der Waals surface area contributed by atoms with E-state index in [2.05, 4.69) is 12.2 Å². The van der Waals surface area contributed by atoms with Gasteiger partial charge in [0.1, 0.15) is 0 Å². The summed E-state index contributed by atoms with van der Waals surface area (Å²) in [6.07, 6.45) is 8.00. The van der Waals surface area contributed by atoms with E-state index in [-0.39, 0.29) is 0 Å². The van der Waals surface area contributed by atoms with Crippen molar-refractivity contribution in [3.63, 3.8) is 0 Å². The molecule has 0 aliphatic heterocycles. The van der Waals surface area contributed by atoms with Crippen molar-refractivity contribution in [2.24, 2.45) is 5.92 Å². The second-order valence-corrected chi connectivity index (χ2v) is 4.37. The highest BCUT2D eigenvalue weighted by molar-refractivity contribution is 4.85. The van der Waals surface area contributed by atoms with Crippen LogP contribution >= 0.6 is 0 Å². The zero-order valence-electron chi connectivity index (χ0n) is 9.72. The summed E-state index contributed by atoms with van der Waals surface area (Å²) in [5.41, 5.74) is 0. The molecule has 0 aromatic rings. The molecule has 0 bridgehead atoms. The molecule has 1 N–H and O–H groups in total. The van der Waals surface area contributed by atoms with Crippen molar-refractivity contribution in [3.05, 3.63) is 0 Å². The fourth-order valence-electron chi connectivity index (χ4n) is 1.79. The minimum Gasteiger partial charge on any atom is -0.380 e. The average Bonchev–Trinajstić information content (AvgIpc) is 3.01. The van der Waals surface area contributed by atoms with Crippen molar-refractivity contribution in [1.82, 2.24) is 5.32 Å². The van der Waals surface area contributed by atoms with Gasteiger partial charge in [-0.2, -0.15) is 0 Å². The number of likely N-dealkylation sites (N-methyl/N-ethyl adjacent to an activating group) is 1. The maximum absolute atomic E-state index is 5.67. The third-order valence-electron chi connectivity index (χ3n) is 3.00. The Morgan fingerprint density at radius 2 is 2.07 bits per heavy atom. The number of hydrogen-bond donors (Lipinski definition) is 1. The van der Waals surface area contributed by atoms with Gasteiger partial charge in [0.25, 0.3) is 0 Å². The van der Waals surface area contributed by atoms with E-state index in [0.717, 1.165) is 19.1 Å². The quantitative estimate of drug-likeness (QED) is 0.576. The van der Waals surface area contributed by atoms with E-state index < -0.39 is 0 Å². The van der Waals surface area contributed by atoms with Crippen LogP contribution in [0.4, 0.5) is 0 Å². The Morgan fingerprint density at radius 3 is 2.64 bits per heavy atom. The lowest BCUT2D eigenvalue weighted by atomic mass is 10.2. The van der Waals surface area contributed by atoms with Crippen molar-refractivity contribution in [2.75, 3.05) is 20.3 Å². The van der Waals surface area contributed by atoms with Crippen LogP contribution in [-0.4, -0.2) is 26.3 Å². The smallest absolute Gasteiger partial charge is 0.0622 e. The van der Waals surface area contributed by atoms with Crippen LogP contribution in [0, 0.1) is 5.92 Å². The van der Waals surface area contributed by atoms with Gasteiger partial charge < -0.3 is 10.1 Å². The largest absolute Gasteiger partial charge is 0.380 e. The number of hydrogen-bond acceptors (Lipinski definition) is 2. The maximum Gasteiger partial charge on any atom is 0.0622 e. The Balaban J connectivity index is 1.86. The fraction of sp³-hybridized carbons (Fsp3) is 1.00. The highest BCUT2D eigenvalue weighted by Gasteiger charge is 2.29. The van der Waals surface area contributed by atoms with Crippen LogP contribution < -0.4 is 5.32 Å². The van der Waals surface area contributed by atoms with Crippen molar-refractivity contribution >= 4 is 0 Å². The first-order valence-corrected chi connectivity index (χ1v) is 6.13. The molecule has 1 unspecified atom stereocenters. The predicted molar refractivity (Wildman–Crippen MR) is 60.5 cm³/mol. The van der Waals surface area contributed by atoms with Gasteiger partial charge in [0.2, 0.25) is 0 Å². The Morgan fingerprint density at radius 1 is 1.29 bits per heavy atom. The molecular formula is C12H25NO. The van der Waals surface area contributed by atoms with Gasteiger partial charge in [0, 0.05) is 12.6 Å². The van der Waals surface area contributed by atoms with Gasteiger partial charge in [-0.25, -0.2) is 0 Å². The minimum absolute atomic E-state index is 0.612. The molecule has 0 aromatic heterocycles. The van der Waals surface area contributed by atoms with E-state index in [1.807, 2.05) is 7.05 Å². The van der Waals surface area contributed by atoms with Gasteiger partial charge in [-0.05, 0) is 32.2 Å². The molecule has 0 spiro atoms. The molecule has 1 fully saturated rings. The van der Waals surface area contributed by atoms with Crippen LogP contribution in [0.25, 0.3) is 0 Å². The molecule has 2 nitrogen and oxygen atoms in total. The third-order valence-corrected chi connectivity index (χ3v) is 3.00. The zero-order valence-corrected chi connectivity index (χ0v) is 9.72. The molecule has 14 heavy (non-hydrogen) atoms. The number of rotatable bonds is 9. The molecule has 0 amide bonds. The summed E-state index contributed by atoms with van der Waals surface area (Å²) in [6, 6.07) is 0.612. The van der Waals surface area contributed by atoms with E-state index in [1.165, 1.54) is 38.5 Å². The Labute approximate surface area is 88.4 Å². The molecule has 0 heterocycles. The summed E-state index contributed by atoms with van der Waals surface area (Å²) in [5.74, 6) is 0.899. The lowest BCUT2D eigenvalue weighted by Crippen LogP contribution is -2.32. The van der Waals surface area contributed by atoms with Gasteiger partial charge in [0.05, 0.1) is 6.61 Å². The zero-order chi connectivity index (χ0) is 10.2. The third kappa shape index (κ3) is 4.97. The van der Waals surface area contributed by atoms with E-state index >= 15 is 0 Å². The highest BCUT2D eigenvalue weighted by Crippen LogP contribution is 2.32. The topological polar surface area (TPSA) is 21.3 Å². The molecule has 1 aliphatic carbocycles. The van der Waals surface area contributed by atoms with Crippen LogP contribution in [0.3, 0.4) is 0 Å². The molecule has 0 radical (unpaired) electrons. The summed E-state index contributed by atoms with van der Waals surface area (Å²) in [7, 11) is 2.05. The van der Waals surface area contributed by atoms with Gasteiger partial charge in [-0.15, -0.1) is 0 Å². The summed E-state index contributed by atoms with van der Waals surface area (Å²) in [5, 5.41) is 3.34. The number of ether oxygens (including phenoxy) is 1. The standard InChI is InChI=1S/C12H25NO/c1-3-4-5-6-9-14-10-12(13-2)11-7-8-11/h11-13H,3-10H2,1-2H3. The first-order chi connectivity index (χ1) is 6.88. The first kappa shape index (κ1) is 12.0. The maximum atomic E-state index is 5.67. The number of unbranched alkanes of at least 4 members (excludes halogenated alkanes) is 3. The van der Waals surface area contributed by atoms with Gasteiger partial charge in [0.15, 0.2) is 0 Å². The molecule has 1 aliphatic rings. The summed E-state index contributed by atoms with van der Waals surface area (Å²) < 4.78 is 5.67. The van der Waals surface area contributed by atoms with E-state index in [1.54, 1.807) is 0 Å². The molecule has 1 saturated carbocycles. The predicted octanol–water partition coefficient (Wildman–Crippen LogP) is 2.58. The van der Waals surface area contributed by atoms with Crippen molar-refractivity contribution in [2.45, 2.75) is 51.5 Å². The Kier molecular flexibility index (Phi) is 6.20. The second kappa shape index (κ2) is 7.24. The molecule has 1 atom stereocenters. The average molecular weight is 199 g/mol.